The largest absolute Gasteiger partial charge is 0.326 e. The van der Waals surface area contributed by atoms with Crippen LogP contribution in [0.15, 0.2) is 47.4 Å². The molecule has 0 bridgehead atoms. The Kier molecular flexibility index (Phi) is 7.11. The lowest BCUT2D eigenvalue weighted by Crippen LogP contribution is -2.31. The number of nitrogens with zero attached hydrogens (tertiary/aromatic N) is 2. The third-order valence-electron chi connectivity index (χ3n) is 4.08. The average Bonchev–Trinajstić information content (AvgIpc) is 2.64. The fraction of sp³-hybridized carbons (Fsp3) is 0.278. The lowest BCUT2D eigenvalue weighted by molar-refractivity contribution is -0.385. The molecular weight excluding hydrogens is 406 g/mol. The van der Waals surface area contributed by atoms with Gasteiger partial charge in [-0.2, -0.15) is 4.31 Å². The van der Waals surface area contributed by atoms with Crippen LogP contribution in [0.25, 0.3) is 0 Å². The van der Waals surface area contributed by atoms with Crippen molar-refractivity contribution in [3.63, 3.8) is 0 Å². The fourth-order valence-corrected chi connectivity index (χ4v) is 4.66. The maximum absolute atomic E-state index is 12.7. The van der Waals surface area contributed by atoms with Gasteiger partial charge in [0.15, 0.2) is 0 Å². The van der Waals surface area contributed by atoms with E-state index in [1.165, 1.54) is 40.7 Å². The standard InChI is InChI=1S/C18H20ClN3O5S/c1-3-21(4-2)28(26,27)17-12-14(9-10-15(17)19)20-18(23)11-13-7-5-6-8-16(13)22(24)25/h5-10,12H,3-4,11H2,1-2H3,(H,20,23). The second-order valence-corrected chi connectivity index (χ2v) is 8.16. The number of carbonyl (C=O) groups is 1. The highest BCUT2D eigenvalue weighted by atomic mass is 35.5. The minimum absolute atomic E-state index is 0.0450. The summed E-state index contributed by atoms with van der Waals surface area (Å²) in [7, 11) is -3.81. The van der Waals surface area contributed by atoms with E-state index in [0.29, 0.717) is 0 Å². The van der Waals surface area contributed by atoms with Crippen LogP contribution in [0.5, 0.6) is 0 Å². The number of para-hydroxylation sites is 1. The van der Waals surface area contributed by atoms with Crippen molar-refractivity contribution in [1.29, 1.82) is 0 Å². The van der Waals surface area contributed by atoms with E-state index in [-0.39, 0.29) is 46.4 Å². The van der Waals surface area contributed by atoms with Gasteiger partial charge in [-0.1, -0.05) is 43.6 Å². The minimum Gasteiger partial charge on any atom is -0.326 e. The lowest BCUT2D eigenvalue weighted by Gasteiger charge is -2.19. The summed E-state index contributed by atoms with van der Waals surface area (Å²) >= 11 is 6.07. The Morgan fingerprint density at radius 3 is 2.43 bits per heavy atom. The smallest absolute Gasteiger partial charge is 0.273 e. The zero-order valence-electron chi connectivity index (χ0n) is 15.4. The highest BCUT2D eigenvalue weighted by molar-refractivity contribution is 7.89. The van der Waals surface area contributed by atoms with Crippen LogP contribution in [-0.2, 0) is 21.2 Å². The molecule has 28 heavy (non-hydrogen) atoms. The number of amides is 1. The van der Waals surface area contributed by atoms with Crippen molar-refractivity contribution < 1.29 is 18.1 Å². The van der Waals surface area contributed by atoms with Gasteiger partial charge in [0.1, 0.15) is 4.90 Å². The van der Waals surface area contributed by atoms with Gasteiger partial charge in [-0.25, -0.2) is 8.42 Å². The molecule has 0 aromatic heterocycles. The van der Waals surface area contributed by atoms with Gasteiger partial charge in [0.05, 0.1) is 16.4 Å². The summed E-state index contributed by atoms with van der Waals surface area (Å²) in [4.78, 5) is 22.7. The van der Waals surface area contributed by atoms with Crippen molar-refractivity contribution in [2.24, 2.45) is 0 Å². The molecule has 0 spiro atoms. The topological polar surface area (TPSA) is 110 Å². The number of benzene rings is 2. The van der Waals surface area contributed by atoms with Crippen LogP contribution in [0.4, 0.5) is 11.4 Å². The average molecular weight is 426 g/mol. The van der Waals surface area contributed by atoms with Crippen LogP contribution in [0.3, 0.4) is 0 Å². The number of carbonyl (C=O) groups excluding carboxylic acids is 1. The molecule has 0 heterocycles. The summed E-state index contributed by atoms with van der Waals surface area (Å²) in [5.41, 5.74) is 0.340. The Hall–Kier alpha value is -2.49. The van der Waals surface area contributed by atoms with Gasteiger partial charge < -0.3 is 5.32 Å². The van der Waals surface area contributed by atoms with E-state index in [1.807, 2.05) is 0 Å². The molecule has 2 rings (SSSR count). The summed E-state index contributed by atoms with van der Waals surface area (Å²) in [5.74, 6) is -0.511. The van der Waals surface area contributed by atoms with Gasteiger partial charge in [-0.15, -0.1) is 0 Å². The maximum Gasteiger partial charge on any atom is 0.273 e. The number of hydrogen-bond donors (Lipinski definition) is 1. The van der Waals surface area contributed by atoms with Crippen LogP contribution >= 0.6 is 11.6 Å². The normalized spacial score (nSPS) is 11.4. The Morgan fingerprint density at radius 2 is 1.82 bits per heavy atom. The van der Waals surface area contributed by atoms with Crippen molar-refractivity contribution in [1.82, 2.24) is 4.31 Å². The predicted octanol–water partition coefficient (Wildman–Crippen LogP) is 3.46. The monoisotopic (exact) mass is 425 g/mol. The highest BCUT2D eigenvalue weighted by Crippen LogP contribution is 2.28. The van der Waals surface area contributed by atoms with E-state index in [1.54, 1.807) is 19.9 Å². The summed E-state index contributed by atoms with van der Waals surface area (Å²) in [6.45, 7) is 3.99. The van der Waals surface area contributed by atoms with Crippen LogP contribution in [0.1, 0.15) is 19.4 Å². The number of nitrogens with one attached hydrogen (secondary N) is 1. The Labute approximate surface area is 168 Å². The molecule has 8 nitrogen and oxygen atoms in total. The van der Waals surface area contributed by atoms with Gasteiger partial charge in [-0.3, -0.25) is 14.9 Å². The second-order valence-electron chi connectivity index (χ2n) is 5.85. The summed E-state index contributed by atoms with van der Waals surface area (Å²) < 4.78 is 26.7. The molecule has 0 atom stereocenters. The highest BCUT2D eigenvalue weighted by Gasteiger charge is 2.25. The maximum atomic E-state index is 12.7. The first kappa shape index (κ1) is 21.8. The van der Waals surface area contributed by atoms with Crippen LogP contribution in [0.2, 0.25) is 5.02 Å². The van der Waals surface area contributed by atoms with Gasteiger partial charge in [0, 0.05) is 30.4 Å². The first-order valence-corrected chi connectivity index (χ1v) is 10.3. The van der Waals surface area contributed by atoms with Crippen molar-refractivity contribution in [3.05, 3.63) is 63.2 Å². The summed E-state index contributed by atoms with van der Waals surface area (Å²) in [6.07, 6.45) is -0.224. The first-order valence-electron chi connectivity index (χ1n) is 8.52. The number of hydrogen-bond acceptors (Lipinski definition) is 5. The summed E-state index contributed by atoms with van der Waals surface area (Å²) in [5, 5.41) is 13.7. The molecule has 0 aliphatic carbocycles. The van der Waals surface area contributed by atoms with Crippen molar-refractivity contribution in [3.8, 4) is 0 Å². The van der Waals surface area contributed by atoms with Crippen molar-refractivity contribution in [2.45, 2.75) is 25.2 Å². The fourth-order valence-electron chi connectivity index (χ4n) is 2.70. The Morgan fingerprint density at radius 1 is 1.18 bits per heavy atom. The Balaban J connectivity index is 2.26. The van der Waals surface area contributed by atoms with E-state index < -0.39 is 20.9 Å². The minimum atomic E-state index is -3.81. The van der Waals surface area contributed by atoms with Gasteiger partial charge in [0.2, 0.25) is 15.9 Å². The van der Waals surface area contributed by atoms with E-state index in [9.17, 15) is 23.3 Å². The van der Waals surface area contributed by atoms with Gasteiger partial charge in [0.25, 0.3) is 5.69 Å². The number of anilines is 1. The second kappa shape index (κ2) is 9.13. The predicted molar refractivity (Wildman–Crippen MR) is 107 cm³/mol. The van der Waals surface area contributed by atoms with E-state index >= 15 is 0 Å². The van der Waals surface area contributed by atoms with E-state index in [0.717, 1.165) is 0 Å². The molecule has 0 saturated heterocycles. The lowest BCUT2D eigenvalue weighted by atomic mass is 10.1. The molecule has 1 amide bonds. The molecule has 2 aromatic rings. The van der Waals surface area contributed by atoms with Crippen molar-refractivity contribution in [2.75, 3.05) is 18.4 Å². The van der Waals surface area contributed by atoms with Crippen molar-refractivity contribution >= 4 is 38.9 Å². The number of sulfonamides is 1. The van der Waals surface area contributed by atoms with Gasteiger partial charge >= 0.3 is 0 Å². The number of nitro groups is 1. The molecule has 0 radical (unpaired) electrons. The Bertz CT molecular complexity index is 990. The molecule has 0 fully saturated rings. The van der Waals surface area contributed by atoms with Crippen LogP contribution in [-0.4, -0.2) is 36.6 Å². The molecule has 2 aromatic carbocycles. The van der Waals surface area contributed by atoms with Crippen LogP contribution < -0.4 is 5.32 Å². The zero-order valence-corrected chi connectivity index (χ0v) is 17.0. The molecule has 0 aliphatic heterocycles. The SMILES string of the molecule is CCN(CC)S(=O)(=O)c1cc(NC(=O)Cc2ccccc2[N+](=O)[O-])ccc1Cl. The van der Waals surface area contributed by atoms with Crippen LogP contribution in [0, 0.1) is 10.1 Å². The summed E-state index contributed by atoms with van der Waals surface area (Å²) in [6, 6.07) is 10.1. The third kappa shape index (κ3) is 4.86. The van der Waals surface area contributed by atoms with E-state index in [2.05, 4.69) is 5.32 Å². The molecule has 0 saturated carbocycles. The molecule has 10 heteroatoms. The molecule has 1 N–H and O–H groups in total. The quantitative estimate of drug-likeness (QED) is 0.514. The number of nitro benzene ring substituents is 1. The molecule has 150 valence electrons. The molecule has 0 unspecified atom stereocenters. The van der Waals surface area contributed by atoms with Gasteiger partial charge in [-0.05, 0) is 18.2 Å². The molecular formula is C18H20ClN3O5S. The number of rotatable bonds is 8. The third-order valence-corrected chi connectivity index (χ3v) is 6.61. The number of halogens is 1. The molecule has 0 aliphatic rings. The van der Waals surface area contributed by atoms with E-state index in [4.69, 9.17) is 11.6 Å². The zero-order chi connectivity index (χ0) is 20.9. The first-order chi connectivity index (χ1) is 13.2.